The molecule has 3 aliphatic rings. The van der Waals surface area contributed by atoms with Crippen molar-refractivity contribution in [2.24, 2.45) is 0 Å². The number of benzene rings is 1. The van der Waals surface area contributed by atoms with Gasteiger partial charge in [-0.15, -0.1) is 11.3 Å². The summed E-state index contributed by atoms with van der Waals surface area (Å²) in [6.07, 6.45) is 6.33. The summed E-state index contributed by atoms with van der Waals surface area (Å²) in [4.78, 5) is 16.3. The number of ether oxygens (including phenoxy) is 2. The first-order chi connectivity index (χ1) is 14.7. The van der Waals surface area contributed by atoms with Crippen molar-refractivity contribution >= 4 is 22.2 Å². The van der Waals surface area contributed by atoms with Crippen molar-refractivity contribution in [1.82, 2.24) is 4.90 Å². The van der Waals surface area contributed by atoms with E-state index in [4.69, 9.17) is 9.47 Å². The van der Waals surface area contributed by atoms with Gasteiger partial charge in [-0.25, -0.2) is 0 Å². The van der Waals surface area contributed by atoms with Crippen LogP contribution in [0.15, 0.2) is 18.2 Å². The Labute approximate surface area is 180 Å². The van der Waals surface area contributed by atoms with Crippen molar-refractivity contribution in [3.63, 3.8) is 0 Å². The predicted molar refractivity (Wildman–Crippen MR) is 115 cm³/mol. The van der Waals surface area contributed by atoms with E-state index in [1.807, 2.05) is 6.07 Å². The van der Waals surface area contributed by atoms with Crippen LogP contribution >= 0.6 is 11.3 Å². The zero-order valence-electron chi connectivity index (χ0n) is 16.9. The van der Waals surface area contributed by atoms with Gasteiger partial charge in [-0.2, -0.15) is 5.26 Å². The fourth-order valence-corrected chi connectivity index (χ4v) is 6.04. The monoisotopic (exact) mass is 423 g/mol. The quantitative estimate of drug-likeness (QED) is 0.803. The minimum atomic E-state index is -0.0467. The van der Waals surface area contributed by atoms with Gasteiger partial charge in [0.05, 0.1) is 12.1 Å². The molecule has 156 valence electrons. The highest BCUT2D eigenvalue weighted by atomic mass is 32.1. The van der Waals surface area contributed by atoms with E-state index in [0.717, 1.165) is 72.7 Å². The standard InChI is InChI=1S/C23H25N3O3S/c24-13-17-16-4-1-2-6-21(16)30-23(17)25-22(27)14-26-9-3-5-18(26)15-7-8-19-20(12-15)29-11-10-28-19/h7-8,12,18H,1-6,9-11,14H2,(H,25,27)/t18-/m0/s1. The number of fused-ring (bicyclic) bond motifs is 2. The van der Waals surface area contributed by atoms with Crippen LogP contribution in [0, 0.1) is 11.3 Å². The van der Waals surface area contributed by atoms with E-state index in [0.29, 0.717) is 25.3 Å². The van der Waals surface area contributed by atoms with E-state index >= 15 is 0 Å². The van der Waals surface area contributed by atoms with Gasteiger partial charge in [-0.1, -0.05) is 6.07 Å². The Morgan fingerprint density at radius 2 is 2.03 bits per heavy atom. The number of nitrogens with zero attached hydrogens (tertiary/aromatic N) is 2. The van der Waals surface area contributed by atoms with Crippen molar-refractivity contribution in [2.75, 3.05) is 31.6 Å². The molecule has 0 saturated carbocycles. The third kappa shape index (κ3) is 3.66. The molecule has 2 aliphatic heterocycles. The zero-order valence-corrected chi connectivity index (χ0v) is 17.7. The number of carbonyl (C=O) groups is 1. The van der Waals surface area contributed by atoms with Crippen LogP contribution in [0.5, 0.6) is 11.5 Å². The Kier molecular flexibility index (Phi) is 5.36. The van der Waals surface area contributed by atoms with Gasteiger partial charge < -0.3 is 14.8 Å². The minimum absolute atomic E-state index is 0.0467. The number of aryl methyl sites for hydroxylation is 1. The fourth-order valence-electron chi connectivity index (χ4n) is 4.78. The van der Waals surface area contributed by atoms with Crippen LogP contribution in [0.25, 0.3) is 0 Å². The third-order valence-corrected chi connectivity index (χ3v) is 7.40. The van der Waals surface area contributed by atoms with Gasteiger partial charge in [-0.05, 0) is 68.3 Å². The van der Waals surface area contributed by atoms with Gasteiger partial charge in [0.1, 0.15) is 24.3 Å². The molecule has 0 spiro atoms. The molecule has 0 radical (unpaired) electrons. The molecule has 30 heavy (non-hydrogen) atoms. The number of rotatable bonds is 4. The molecule has 5 rings (SSSR count). The Hall–Kier alpha value is -2.56. The molecule has 7 heteroatoms. The number of carbonyl (C=O) groups excluding carboxylic acids is 1. The summed E-state index contributed by atoms with van der Waals surface area (Å²) < 4.78 is 11.4. The molecule has 1 N–H and O–H groups in total. The fraction of sp³-hybridized carbons (Fsp3) is 0.478. The van der Waals surface area contributed by atoms with Crippen LogP contribution in [0.2, 0.25) is 0 Å². The zero-order chi connectivity index (χ0) is 20.5. The smallest absolute Gasteiger partial charge is 0.239 e. The van der Waals surface area contributed by atoms with Gasteiger partial charge in [0.2, 0.25) is 5.91 Å². The first kappa shape index (κ1) is 19.4. The lowest BCUT2D eigenvalue weighted by Gasteiger charge is -2.26. The average Bonchev–Trinajstić information content (AvgIpc) is 3.37. The van der Waals surface area contributed by atoms with E-state index in [1.165, 1.54) is 4.88 Å². The van der Waals surface area contributed by atoms with Crippen molar-refractivity contribution in [2.45, 2.75) is 44.6 Å². The number of hydrogen-bond acceptors (Lipinski definition) is 6. The van der Waals surface area contributed by atoms with E-state index in [1.54, 1.807) is 11.3 Å². The summed E-state index contributed by atoms with van der Waals surface area (Å²) in [5.41, 5.74) is 2.99. The molecule has 1 aromatic heterocycles. The molecule has 6 nitrogen and oxygen atoms in total. The topological polar surface area (TPSA) is 74.6 Å². The number of amides is 1. The van der Waals surface area contributed by atoms with Crippen molar-refractivity contribution in [3.8, 4) is 17.6 Å². The van der Waals surface area contributed by atoms with Crippen LogP contribution in [0.3, 0.4) is 0 Å². The lowest BCUT2D eigenvalue weighted by molar-refractivity contribution is -0.117. The summed E-state index contributed by atoms with van der Waals surface area (Å²) in [7, 11) is 0. The largest absolute Gasteiger partial charge is 0.486 e. The minimum Gasteiger partial charge on any atom is -0.486 e. The maximum Gasteiger partial charge on any atom is 0.239 e. The molecule has 1 amide bonds. The second-order valence-corrected chi connectivity index (χ2v) is 9.21. The van der Waals surface area contributed by atoms with Crippen molar-refractivity contribution < 1.29 is 14.3 Å². The van der Waals surface area contributed by atoms with Gasteiger partial charge >= 0.3 is 0 Å². The van der Waals surface area contributed by atoms with Crippen LogP contribution in [-0.4, -0.2) is 37.1 Å². The summed E-state index contributed by atoms with van der Waals surface area (Å²) in [5, 5.41) is 13.4. The number of nitrogens with one attached hydrogen (secondary N) is 1. The lowest BCUT2D eigenvalue weighted by Crippen LogP contribution is -2.33. The van der Waals surface area contributed by atoms with E-state index in [9.17, 15) is 10.1 Å². The SMILES string of the molecule is N#Cc1c(NC(=O)CN2CCC[C@H]2c2ccc3c(c2)OCCO3)sc2c1CCCC2. The summed E-state index contributed by atoms with van der Waals surface area (Å²) in [6.45, 7) is 2.36. The van der Waals surface area contributed by atoms with Gasteiger partial charge in [0.15, 0.2) is 11.5 Å². The Balaban J connectivity index is 1.29. The Morgan fingerprint density at radius 1 is 1.20 bits per heavy atom. The molecule has 2 aromatic rings. The molecule has 1 aromatic carbocycles. The number of thiophene rings is 1. The summed E-state index contributed by atoms with van der Waals surface area (Å²) in [5.74, 6) is 1.53. The number of anilines is 1. The molecular weight excluding hydrogens is 398 g/mol. The highest BCUT2D eigenvalue weighted by Gasteiger charge is 2.29. The summed E-state index contributed by atoms with van der Waals surface area (Å²) in [6, 6.07) is 8.61. The van der Waals surface area contributed by atoms with Crippen LogP contribution in [0.1, 0.15) is 53.3 Å². The lowest BCUT2D eigenvalue weighted by atomic mass is 9.96. The van der Waals surface area contributed by atoms with Crippen molar-refractivity contribution in [1.29, 1.82) is 5.26 Å². The predicted octanol–water partition coefficient (Wildman–Crippen LogP) is 4.05. The molecule has 0 bridgehead atoms. The average molecular weight is 424 g/mol. The second-order valence-electron chi connectivity index (χ2n) is 8.11. The third-order valence-electron chi connectivity index (χ3n) is 6.20. The second kappa shape index (κ2) is 8.29. The van der Waals surface area contributed by atoms with Crippen LogP contribution < -0.4 is 14.8 Å². The normalized spacial score (nSPS) is 20.4. The maximum absolute atomic E-state index is 12.9. The Morgan fingerprint density at radius 3 is 2.90 bits per heavy atom. The molecule has 3 heterocycles. The number of hydrogen-bond donors (Lipinski definition) is 1. The number of likely N-dealkylation sites (tertiary alicyclic amines) is 1. The number of nitriles is 1. The Bertz CT molecular complexity index is 1010. The van der Waals surface area contributed by atoms with E-state index in [-0.39, 0.29) is 11.9 Å². The highest BCUT2D eigenvalue weighted by Crippen LogP contribution is 2.39. The molecule has 1 fully saturated rings. The maximum atomic E-state index is 12.9. The molecule has 1 saturated heterocycles. The molecule has 0 unspecified atom stereocenters. The van der Waals surface area contributed by atoms with Crippen molar-refractivity contribution in [3.05, 3.63) is 39.8 Å². The van der Waals surface area contributed by atoms with E-state index in [2.05, 4.69) is 28.4 Å². The first-order valence-corrected chi connectivity index (χ1v) is 11.5. The first-order valence-electron chi connectivity index (χ1n) is 10.7. The molecular formula is C23H25N3O3S. The molecule has 1 atom stereocenters. The highest BCUT2D eigenvalue weighted by molar-refractivity contribution is 7.16. The van der Waals surface area contributed by atoms with Gasteiger partial charge in [0, 0.05) is 10.9 Å². The van der Waals surface area contributed by atoms with Gasteiger partial charge in [0.25, 0.3) is 0 Å². The molecule has 1 aliphatic carbocycles. The van der Waals surface area contributed by atoms with E-state index < -0.39 is 0 Å². The van der Waals surface area contributed by atoms with Crippen LogP contribution in [0.4, 0.5) is 5.00 Å². The summed E-state index contributed by atoms with van der Waals surface area (Å²) >= 11 is 1.58. The van der Waals surface area contributed by atoms with Gasteiger partial charge in [-0.3, -0.25) is 9.69 Å². The van der Waals surface area contributed by atoms with Crippen LogP contribution in [-0.2, 0) is 17.6 Å².